The van der Waals surface area contributed by atoms with Crippen LogP contribution in [-0.4, -0.2) is 54.0 Å². The van der Waals surface area contributed by atoms with Gasteiger partial charge in [-0.05, 0) is 43.6 Å². The number of rotatable bonds is 15. The first-order valence-electron chi connectivity index (χ1n) is 11.5. The molecule has 1 aromatic carbocycles. The van der Waals surface area contributed by atoms with Gasteiger partial charge in [0.05, 0.1) is 6.04 Å². The van der Waals surface area contributed by atoms with E-state index < -0.39 is 35.8 Å². The van der Waals surface area contributed by atoms with Crippen LogP contribution in [0.25, 0.3) is 0 Å². The highest BCUT2D eigenvalue weighted by Crippen LogP contribution is 2.08. The van der Waals surface area contributed by atoms with Crippen LogP contribution in [0.15, 0.2) is 30.3 Å². The summed E-state index contributed by atoms with van der Waals surface area (Å²) in [7, 11) is 0. The molecule has 1 rings (SSSR count). The maximum Gasteiger partial charge on any atom is 0.408 e. The molecule has 0 heterocycles. The molecule has 9 nitrogen and oxygen atoms in total. The lowest BCUT2D eigenvalue weighted by molar-refractivity contribution is -0.140. The second-order valence-corrected chi connectivity index (χ2v) is 8.26. The molecule has 4 N–H and O–H groups in total. The Morgan fingerprint density at radius 1 is 0.970 bits per heavy atom. The van der Waals surface area contributed by atoms with E-state index in [0.29, 0.717) is 25.8 Å². The zero-order chi connectivity index (χ0) is 24.6. The van der Waals surface area contributed by atoms with Crippen molar-refractivity contribution in [3.63, 3.8) is 0 Å². The SMILES string of the molecule is CCC(NC(=O)C(CC(C)C)NC(=O)OCc1ccccc1)C(=O)C(=O)NCCCCCO. The molecule has 0 radical (unpaired) electrons. The molecular formula is C24H37N3O6. The van der Waals surface area contributed by atoms with Gasteiger partial charge in [-0.3, -0.25) is 14.4 Å². The summed E-state index contributed by atoms with van der Waals surface area (Å²) in [6.45, 7) is 5.98. The summed E-state index contributed by atoms with van der Waals surface area (Å²) in [4.78, 5) is 49.7. The van der Waals surface area contributed by atoms with Crippen molar-refractivity contribution in [1.29, 1.82) is 0 Å². The van der Waals surface area contributed by atoms with Crippen LogP contribution in [0.3, 0.4) is 0 Å². The number of hydrogen-bond acceptors (Lipinski definition) is 6. The number of benzene rings is 1. The predicted octanol–water partition coefficient (Wildman–Crippen LogP) is 2.07. The third-order valence-electron chi connectivity index (χ3n) is 4.91. The highest BCUT2D eigenvalue weighted by Gasteiger charge is 2.29. The minimum atomic E-state index is -0.994. The number of amides is 3. The molecule has 2 unspecified atom stereocenters. The smallest absolute Gasteiger partial charge is 0.408 e. The van der Waals surface area contributed by atoms with Crippen LogP contribution < -0.4 is 16.0 Å². The van der Waals surface area contributed by atoms with Gasteiger partial charge in [-0.2, -0.15) is 0 Å². The summed E-state index contributed by atoms with van der Waals surface area (Å²) >= 11 is 0. The van der Waals surface area contributed by atoms with Gasteiger partial charge >= 0.3 is 6.09 Å². The van der Waals surface area contributed by atoms with Gasteiger partial charge in [-0.1, -0.05) is 51.1 Å². The Morgan fingerprint density at radius 2 is 1.67 bits per heavy atom. The number of unbranched alkanes of at least 4 members (excludes halogenated alkanes) is 2. The fourth-order valence-electron chi connectivity index (χ4n) is 3.10. The first kappa shape index (κ1) is 28.1. The second-order valence-electron chi connectivity index (χ2n) is 8.26. The molecule has 0 aliphatic heterocycles. The van der Waals surface area contributed by atoms with Crippen molar-refractivity contribution in [2.45, 2.75) is 71.6 Å². The highest BCUT2D eigenvalue weighted by atomic mass is 16.5. The van der Waals surface area contributed by atoms with Crippen LogP contribution in [0, 0.1) is 5.92 Å². The minimum absolute atomic E-state index is 0.0667. The van der Waals surface area contributed by atoms with Crippen LogP contribution in [0.4, 0.5) is 4.79 Å². The maximum absolute atomic E-state index is 12.8. The second kappa shape index (κ2) is 15.8. The first-order chi connectivity index (χ1) is 15.8. The summed E-state index contributed by atoms with van der Waals surface area (Å²) in [6, 6.07) is 7.26. The van der Waals surface area contributed by atoms with Gasteiger partial charge in [-0.25, -0.2) is 4.79 Å². The molecule has 0 spiro atoms. The van der Waals surface area contributed by atoms with E-state index in [1.165, 1.54) is 0 Å². The van der Waals surface area contributed by atoms with Crippen LogP contribution in [-0.2, 0) is 25.7 Å². The normalized spacial score (nSPS) is 12.5. The molecule has 1 aromatic rings. The van der Waals surface area contributed by atoms with Crippen molar-refractivity contribution >= 4 is 23.7 Å². The Balaban J connectivity index is 2.63. The number of ketones is 1. The average molecular weight is 464 g/mol. The highest BCUT2D eigenvalue weighted by molar-refractivity contribution is 6.38. The molecule has 33 heavy (non-hydrogen) atoms. The van der Waals surface area contributed by atoms with Crippen molar-refractivity contribution in [2.24, 2.45) is 5.92 Å². The van der Waals surface area contributed by atoms with Gasteiger partial charge in [0.25, 0.3) is 5.91 Å². The van der Waals surface area contributed by atoms with E-state index in [2.05, 4.69) is 16.0 Å². The monoisotopic (exact) mass is 463 g/mol. The molecule has 0 fully saturated rings. The lowest BCUT2D eigenvalue weighted by Gasteiger charge is -2.23. The van der Waals surface area contributed by atoms with E-state index in [9.17, 15) is 19.2 Å². The van der Waals surface area contributed by atoms with Gasteiger partial charge in [-0.15, -0.1) is 0 Å². The summed E-state index contributed by atoms with van der Waals surface area (Å²) in [5.41, 5.74) is 0.816. The molecule has 3 amide bonds. The van der Waals surface area contributed by atoms with Crippen LogP contribution >= 0.6 is 0 Å². The van der Waals surface area contributed by atoms with E-state index in [1.54, 1.807) is 6.92 Å². The molecule has 0 bridgehead atoms. The number of Topliss-reactive ketones (excluding diaryl/α,β-unsaturated/α-hetero) is 1. The van der Waals surface area contributed by atoms with E-state index in [0.717, 1.165) is 12.0 Å². The summed E-state index contributed by atoms with van der Waals surface area (Å²) < 4.78 is 5.20. The van der Waals surface area contributed by atoms with Gasteiger partial charge in [0.15, 0.2) is 0 Å². The topological polar surface area (TPSA) is 134 Å². The van der Waals surface area contributed by atoms with Gasteiger partial charge in [0.1, 0.15) is 12.6 Å². The van der Waals surface area contributed by atoms with Gasteiger partial charge < -0.3 is 25.8 Å². The van der Waals surface area contributed by atoms with Gasteiger partial charge in [0, 0.05) is 13.2 Å². The van der Waals surface area contributed by atoms with Crippen molar-refractivity contribution < 1.29 is 29.0 Å². The molecule has 0 aliphatic carbocycles. The molecule has 0 aliphatic rings. The molecule has 0 saturated heterocycles. The fraction of sp³-hybridized carbons (Fsp3) is 0.583. The Morgan fingerprint density at radius 3 is 2.27 bits per heavy atom. The number of alkyl carbamates (subject to hydrolysis) is 1. The lowest BCUT2D eigenvalue weighted by atomic mass is 10.0. The van der Waals surface area contributed by atoms with Gasteiger partial charge in [0.2, 0.25) is 11.7 Å². The molecule has 2 atom stereocenters. The maximum atomic E-state index is 12.8. The number of aliphatic hydroxyl groups is 1. The third kappa shape index (κ3) is 11.5. The summed E-state index contributed by atoms with van der Waals surface area (Å²) in [5.74, 6) is -1.95. The van der Waals surface area contributed by atoms with Crippen molar-refractivity contribution in [2.75, 3.05) is 13.2 Å². The van der Waals surface area contributed by atoms with E-state index in [4.69, 9.17) is 9.84 Å². The lowest BCUT2D eigenvalue weighted by Crippen LogP contribution is -2.54. The van der Waals surface area contributed by atoms with Crippen molar-refractivity contribution in [3.8, 4) is 0 Å². The molecule has 184 valence electrons. The first-order valence-corrected chi connectivity index (χ1v) is 11.5. The van der Waals surface area contributed by atoms with Crippen LogP contribution in [0.5, 0.6) is 0 Å². The fourth-order valence-corrected chi connectivity index (χ4v) is 3.10. The molecular weight excluding hydrogens is 426 g/mol. The van der Waals surface area contributed by atoms with E-state index in [1.807, 2.05) is 44.2 Å². The van der Waals surface area contributed by atoms with Crippen LogP contribution in [0.2, 0.25) is 0 Å². The number of aliphatic hydroxyl groups excluding tert-OH is 1. The minimum Gasteiger partial charge on any atom is -0.445 e. The predicted molar refractivity (Wildman–Crippen MR) is 124 cm³/mol. The standard InChI is InChI=1S/C24H37N3O6/c1-4-19(21(29)23(31)25-13-9-6-10-14-28)26-22(30)20(15-17(2)3)27-24(32)33-16-18-11-7-5-8-12-18/h5,7-8,11-12,17,19-20,28H,4,6,9-10,13-16H2,1-3H3,(H,25,31)(H,26,30)(H,27,32). The van der Waals surface area contributed by atoms with Crippen molar-refractivity contribution in [1.82, 2.24) is 16.0 Å². The Labute approximate surface area is 195 Å². The summed E-state index contributed by atoms with van der Waals surface area (Å²) in [5, 5.41) is 16.5. The quantitative estimate of drug-likeness (QED) is 0.232. The van der Waals surface area contributed by atoms with E-state index >= 15 is 0 Å². The Hall–Kier alpha value is -2.94. The number of carbonyl (C=O) groups is 4. The molecule has 0 aromatic heterocycles. The van der Waals surface area contributed by atoms with Crippen LogP contribution in [0.1, 0.15) is 58.4 Å². The number of nitrogens with one attached hydrogen (secondary N) is 3. The average Bonchev–Trinajstić information content (AvgIpc) is 2.80. The number of ether oxygens (including phenoxy) is 1. The third-order valence-corrected chi connectivity index (χ3v) is 4.91. The Kier molecular flexibility index (Phi) is 13.4. The van der Waals surface area contributed by atoms with Crippen molar-refractivity contribution in [3.05, 3.63) is 35.9 Å². The number of carbonyl (C=O) groups excluding carboxylic acids is 4. The zero-order valence-electron chi connectivity index (χ0n) is 19.8. The molecule has 0 saturated carbocycles. The summed E-state index contributed by atoms with van der Waals surface area (Å²) in [6.07, 6.45) is 1.86. The largest absolute Gasteiger partial charge is 0.445 e. The van der Waals surface area contributed by atoms with E-state index in [-0.39, 0.29) is 25.6 Å². The Bertz CT molecular complexity index is 754. The zero-order valence-corrected chi connectivity index (χ0v) is 19.8. The molecule has 9 heteroatoms. The number of hydrogen-bond donors (Lipinski definition) is 4.